The molecule has 0 aliphatic carbocycles. The van der Waals surface area contributed by atoms with E-state index in [0.29, 0.717) is 17.3 Å². The lowest BCUT2D eigenvalue weighted by Crippen LogP contribution is -2.22. The van der Waals surface area contributed by atoms with Crippen LogP contribution in [-0.2, 0) is 5.54 Å². The standard InChI is InChI=1S/C21H20FN7O3/c1-21(2,3)29-12-13(11-25-29)26-19(30)27-17-10-14(4-5-15(17)22)32-20-24-7-6-16(28-20)18-23-8-9-31-18/h4-12H,1-3H3,(H2,26,27,30). The maximum Gasteiger partial charge on any atom is 0.323 e. The molecule has 164 valence electrons. The van der Waals surface area contributed by atoms with E-state index < -0.39 is 11.8 Å². The van der Waals surface area contributed by atoms with Crippen molar-refractivity contribution >= 4 is 17.4 Å². The molecule has 0 aliphatic heterocycles. The van der Waals surface area contributed by atoms with Gasteiger partial charge in [0.05, 0.1) is 29.3 Å². The number of carbonyl (C=O) groups is 1. The van der Waals surface area contributed by atoms with E-state index in [9.17, 15) is 9.18 Å². The summed E-state index contributed by atoms with van der Waals surface area (Å²) in [6.45, 7) is 5.94. The average Bonchev–Trinajstić information content (AvgIpc) is 3.43. The molecule has 0 atom stereocenters. The van der Waals surface area contributed by atoms with Gasteiger partial charge in [0.2, 0.25) is 5.89 Å². The number of hydrogen-bond acceptors (Lipinski definition) is 7. The van der Waals surface area contributed by atoms with Gasteiger partial charge in [-0.15, -0.1) is 0 Å². The maximum absolute atomic E-state index is 14.3. The van der Waals surface area contributed by atoms with Gasteiger partial charge < -0.3 is 19.8 Å². The normalized spacial score (nSPS) is 11.2. The number of anilines is 2. The molecule has 3 heterocycles. The Morgan fingerprint density at radius 2 is 2.00 bits per heavy atom. The van der Waals surface area contributed by atoms with E-state index in [1.165, 1.54) is 43.1 Å². The molecule has 0 spiro atoms. The number of amides is 2. The summed E-state index contributed by atoms with van der Waals surface area (Å²) in [4.78, 5) is 24.6. The third-order valence-electron chi connectivity index (χ3n) is 4.21. The Kier molecular flexibility index (Phi) is 5.54. The second-order valence-electron chi connectivity index (χ2n) is 7.73. The van der Waals surface area contributed by atoms with E-state index in [-0.39, 0.29) is 23.0 Å². The Morgan fingerprint density at radius 3 is 2.72 bits per heavy atom. The van der Waals surface area contributed by atoms with Crippen molar-refractivity contribution in [3.8, 4) is 23.3 Å². The molecular formula is C21H20FN7O3. The molecular weight excluding hydrogens is 417 g/mol. The van der Waals surface area contributed by atoms with Crippen LogP contribution in [0.2, 0.25) is 0 Å². The van der Waals surface area contributed by atoms with Gasteiger partial charge >= 0.3 is 12.0 Å². The molecule has 2 N–H and O–H groups in total. The van der Waals surface area contributed by atoms with Gasteiger partial charge in [-0.05, 0) is 39.0 Å². The fourth-order valence-electron chi connectivity index (χ4n) is 2.67. The molecule has 0 saturated carbocycles. The number of urea groups is 1. The molecule has 0 unspecified atom stereocenters. The highest BCUT2D eigenvalue weighted by atomic mass is 19.1. The number of hydrogen-bond donors (Lipinski definition) is 2. The van der Waals surface area contributed by atoms with E-state index in [4.69, 9.17) is 9.15 Å². The van der Waals surface area contributed by atoms with Crippen molar-refractivity contribution in [1.29, 1.82) is 0 Å². The second-order valence-corrected chi connectivity index (χ2v) is 7.73. The van der Waals surface area contributed by atoms with Crippen LogP contribution in [0.3, 0.4) is 0 Å². The highest BCUT2D eigenvalue weighted by Gasteiger charge is 2.16. The van der Waals surface area contributed by atoms with Crippen molar-refractivity contribution in [1.82, 2.24) is 24.7 Å². The Bertz CT molecular complexity index is 1230. The summed E-state index contributed by atoms with van der Waals surface area (Å²) in [5, 5.41) is 9.28. The van der Waals surface area contributed by atoms with Crippen LogP contribution in [0, 0.1) is 5.82 Å². The highest BCUT2D eigenvalue weighted by Crippen LogP contribution is 2.26. The van der Waals surface area contributed by atoms with Crippen LogP contribution in [0.15, 0.2) is 59.7 Å². The van der Waals surface area contributed by atoms with Gasteiger partial charge in [0.25, 0.3) is 0 Å². The van der Waals surface area contributed by atoms with Gasteiger partial charge in [0, 0.05) is 18.5 Å². The van der Waals surface area contributed by atoms with Gasteiger partial charge in [-0.2, -0.15) is 10.1 Å². The molecule has 3 aromatic heterocycles. The summed E-state index contributed by atoms with van der Waals surface area (Å²) < 4.78 is 26.8. The van der Waals surface area contributed by atoms with Crippen LogP contribution in [0.4, 0.5) is 20.6 Å². The number of halogens is 1. The zero-order valence-corrected chi connectivity index (χ0v) is 17.5. The molecule has 0 radical (unpaired) electrons. The maximum atomic E-state index is 14.3. The van der Waals surface area contributed by atoms with E-state index in [2.05, 4.69) is 30.7 Å². The first-order valence-electron chi connectivity index (χ1n) is 9.61. The first-order chi connectivity index (χ1) is 15.3. The summed E-state index contributed by atoms with van der Waals surface area (Å²) in [6.07, 6.45) is 7.60. The van der Waals surface area contributed by atoms with Crippen LogP contribution in [0.5, 0.6) is 11.8 Å². The van der Waals surface area contributed by atoms with E-state index >= 15 is 0 Å². The number of nitrogens with one attached hydrogen (secondary N) is 2. The first-order valence-corrected chi connectivity index (χ1v) is 9.61. The van der Waals surface area contributed by atoms with Crippen molar-refractivity contribution in [3.05, 3.63) is 61.1 Å². The number of ether oxygens (including phenoxy) is 1. The third-order valence-corrected chi connectivity index (χ3v) is 4.21. The topological polar surface area (TPSA) is 120 Å². The SMILES string of the molecule is CC(C)(C)n1cc(NC(=O)Nc2cc(Oc3nccc(-c4ncco4)n3)ccc2F)cn1. The minimum Gasteiger partial charge on any atom is -0.443 e. The number of nitrogens with zero attached hydrogens (tertiary/aromatic N) is 5. The average molecular weight is 437 g/mol. The fraction of sp³-hybridized carbons (Fsp3) is 0.190. The monoisotopic (exact) mass is 437 g/mol. The Labute approximate surface area is 182 Å². The lowest BCUT2D eigenvalue weighted by atomic mass is 10.1. The van der Waals surface area contributed by atoms with E-state index in [0.717, 1.165) is 0 Å². The van der Waals surface area contributed by atoms with Crippen molar-refractivity contribution in [2.75, 3.05) is 10.6 Å². The predicted octanol–water partition coefficient (Wildman–Crippen LogP) is 4.66. The minimum absolute atomic E-state index is 0.0114. The Balaban J connectivity index is 1.45. The van der Waals surface area contributed by atoms with E-state index in [1.54, 1.807) is 16.9 Å². The number of rotatable bonds is 5. The Morgan fingerprint density at radius 1 is 1.16 bits per heavy atom. The predicted molar refractivity (Wildman–Crippen MR) is 114 cm³/mol. The highest BCUT2D eigenvalue weighted by molar-refractivity contribution is 5.99. The molecule has 10 nitrogen and oxygen atoms in total. The fourth-order valence-corrected chi connectivity index (χ4v) is 2.67. The molecule has 4 aromatic rings. The molecule has 32 heavy (non-hydrogen) atoms. The van der Waals surface area contributed by atoms with Crippen LogP contribution in [0.1, 0.15) is 20.8 Å². The number of benzene rings is 1. The number of aromatic nitrogens is 5. The van der Waals surface area contributed by atoms with Crippen LogP contribution < -0.4 is 15.4 Å². The number of carbonyl (C=O) groups excluding carboxylic acids is 1. The molecule has 0 fully saturated rings. The molecule has 4 rings (SSSR count). The molecule has 0 bridgehead atoms. The molecule has 11 heteroatoms. The van der Waals surface area contributed by atoms with Crippen molar-refractivity contribution < 1.29 is 18.3 Å². The third kappa shape index (κ3) is 4.89. The van der Waals surface area contributed by atoms with Crippen LogP contribution >= 0.6 is 0 Å². The van der Waals surface area contributed by atoms with Gasteiger partial charge in [0.15, 0.2) is 0 Å². The Hall–Kier alpha value is -4.28. The molecule has 0 saturated heterocycles. The zero-order valence-electron chi connectivity index (χ0n) is 17.5. The smallest absolute Gasteiger partial charge is 0.323 e. The summed E-state index contributed by atoms with van der Waals surface area (Å²) in [5.41, 5.74) is 0.588. The summed E-state index contributed by atoms with van der Waals surface area (Å²) in [5.74, 6) is -0.0932. The lowest BCUT2D eigenvalue weighted by molar-refractivity contribution is 0.262. The van der Waals surface area contributed by atoms with Crippen molar-refractivity contribution in [2.45, 2.75) is 26.3 Å². The number of oxazole rings is 1. The lowest BCUT2D eigenvalue weighted by Gasteiger charge is -2.18. The van der Waals surface area contributed by atoms with Crippen molar-refractivity contribution in [3.63, 3.8) is 0 Å². The van der Waals surface area contributed by atoms with Crippen LogP contribution in [0.25, 0.3) is 11.6 Å². The van der Waals surface area contributed by atoms with Gasteiger partial charge in [-0.1, -0.05) is 0 Å². The molecule has 0 aliphatic rings. The largest absolute Gasteiger partial charge is 0.443 e. The molecule has 2 amide bonds. The van der Waals surface area contributed by atoms with Gasteiger partial charge in [-0.25, -0.2) is 19.2 Å². The van der Waals surface area contributed by atoms with Gasteiger partial charge in [-0.3, -0.25) is 4.68 Å². The molecule has 1 aromatic carbocycles. The van der Waals surface area contributed by atoms with E-state index in [1.807, 2.05) is 20.8 Å². The first kappa shape index (κ1) is 21.0. The van der Waals surface area contributed by atoms with Gasteiger partial charge in [0.1, 0.15) is 23.5 Å². The quantitative estimate of drug-likeness (QED) is 0.466. The van der Waals surface area contributed by atoms with Crippen molar-refractivity contribution in [2.24, 2.45) is 0 Å². The zero-order chi connectivity index (χ0) is 22.7. The summed E-state index contributed by atoms with van der Waals surface area (Å²) in [7, 11) is 0. The van der Waals surface area contributed by atoms with Crippen LogP contribution in [-0.4, -0.2) is 30.8 Å². The second kappa shape index (κ2) is 8.46. The summed E-state index contributed by atoms with van der Waals surface area (Å²) >= 11 is 0. The minimum atomic E-state index is -0.632. The summed E-state index contributed by atoms with van der Waals surface area (Å²) in [6, 6.07) is 4.89.